The summed E-state index contributed by atoms with van der Waals surface area (Å²) in [5, 5.41) is 3.38. The maximum atomic E-state index is 12.1. The van der Waals surface area contributed by atoms with Crippen LogP contribution in [0.1, 0.15) is 12.0 Å². The van der Waals surface area contributed by atoms with Gasteiger partial charge in [0, 0.05) is 6.20 Å². The van der Waals surface area contributed by atoms with Crippen molar-refractivity contribution in [2.75, 3.05) is 18.8 Å². The zero-order chi connectivity index (χ0) is 11.6. The summed E-state index contributed by atoms with van der Waals surface area (Å²) in [5.41, 5.74) is 0.929. The third-order valence-electron chi connectivity index (χ3n) is 2.83. The monoisotopic (exact) mass is 240 g/mol. The first-order chi connectivity index (χ1) is 7.58. The fourth-order valence-electron chi connectivity index (χ4n) is 1.93. The van der Waals surface area contributed by atoms with E-state index in [0.717, 1.165) is 25.1 Å². The summed E-state index contributed by atoms with van der Waals surface area (Å²) < 4.78 is 24.1. The standard InChI is InChI=1S/C11H16N2O2S/c1-9-2-5-13-11(6-9)16(14,15)8-10-3-4-12-7-10/h2,5-6,10,12H,3-4,7-8H2,1H3. The molecule has 0 saturated carbocycles. The van der Waals surface area contributed by atoms with Crippen LogP contribution in [-0.2, 0) is 9.84 Å². The minimum absolute atomic E-state index is 0.205. The van der Waals surface area contributed by atoms with Crippen LogP contribution in [0.25, 0.3) is 0 Å². The Balaban J connectivity index is 2.18. The molecule has 88 valence electrons. The van der Waals surface area contributed by atoms with E-state index in [2.05, 4.69) is 10.3 Å². The normalized spacial score (nSPS) is 21.2. The molecule has 1 atom stereocenters. The highest BCUT2D eigenvalue weighted by molar-refractivity contribution is 7.91. The van der Waals surface area contributed by atoms with Crippen molar-refractivity contribution in [1.82, 2.24) is 10.3 Å². The first kappa shape index (κ1) is 11.5. The molecule has 0 aliphatic carbocycles. The zero-order valence-corrected chi connectivity index (χ0v) is 10.1. The Morgan fingerprint density at radius 2 is 2.38 bits per heavy atom. The van der Waals surface area contributed by atoms with Gasteiger partial charge >= 0.3 is 0 Å². The first-order valence-electron chi connectivity index (χ1n) is 5.44. The maximum Gasteiger partial charge on any atom is 0.195 e. The zero-order valence-electron chi connectivity index (χ0n) is 9.31. The summed E-state index contributed by atoms with van der Waals surface area (Å²) in [6.07, 6.45) is 2.49. The molecule has 2 heterocycles. The summed E-state index contributed by atoms with van der Waals surface area (Å²) in [7, 11) is -3.22. The minimum Gasteiger partial charge on any atom is -0.316 e. The van der Waals surface area contributed by atoms with Crippen LogP contribution in [0.15, 0.2) is 23.4 Å². The summed E-state index contributed by atoms with van der Waals surface area (Å²) in [6, 6.07) is 3.44. The number of pyridine rings is 1. The number of aryl methyl sites for hydroxylation is 1. The van der Waals surface area contributed by atoms with Gasteiger partial charge in [0.2, 0.25) is 0 Å². The third kappa shape index (κ3) is 2.59. The van der Waals surface area contributed by atoms with Crippen molar-refractivity contribution in [2.45, 2.75) is 18.4 Å². The van der Waals surface area contributed by atoms with E-state index in [1.165, 1.54) is 0 Å². The molecule has 0 amide bonds. The fourth-order valence-corrected chi connectivity index (χ4v) is 3.59. The van der Waals surface area contributed by atoms with Gasteiger partial charge in [0.25, 0.3) is 0 Å². The number of nitrogens with one attached hydrogen (secondary N) is 1. The molecule has 1 unspecified atom stereocenters. The molecular weight excluding hydrogens is 224 g/mol. The summed E-state index contributed by atoms with van der Waals surface area (Å²) in [5.74, 6) is 0.434. The van der Waals surface area contributed by atoms with Gasteiger partial charge in [0.1, 0.15) is 0 Å². The quantitative estimate of drug-likeness (QED) is 0.848. The van der Waals surface area contributed by atoms with Crippen molar-refractivity contribution >= 4 is 9.84 Å². The van der Waals surface area contributed by atoms with Crippen LogP contribution in [0, 0.1) is 12.8 Å². The molecular formula is C11H16N2O2S. The molecule has 16 heavy (non-hydrogen) atoms. The van der Waals surface area contributed by atoms with Gasteiger partial charge in [-0.1, -0.05) is 0 Å². The second kappa shape index (κ2) is 4.51. The van der Waals surface area contributed by atoms with Crippen LogP contribution < -0.4 is 5.32 Å². The molecule has 0 spiro atoms. The highest BCUT2D eigenvalue weighted by atomic mass is 32.2. The van der Waals surface area contributed by atoms with Gasteiger partial charge in [-0.05, 0) is 50.0 Å². The van der Waals surface area contributed by atoms with Crippen molar-refractivity contribution in [2.24, 2.45) is 5.92 Å². The van der Waals surface area contributed by atoms with E-state index in [9.17, 15) is 8.42 Å². The summed E-state index contributed by atoms with van der Waals surface area (Å²) >= 11 is 0. The van der Waals surface area contributed by atoms with Gasteiger partial charge in [-0.25, -0.2) is 13.4 Å². The van der Waals surface area contributed by atoms with Crippen LogP contribution in [0.4, 0.5) is 0 Å². The Kier molecular flexibility index (Phi) is 3.25. The molecule has 1 fully saturated rings. The minimum atomic E-state index is -3.22. The van der Waals surface area contributed by atoms with Gasteiger partial charge in [-0.2, -0.15) is 0 Å². The highest BCUT2D eigenvalue weighted by Crippen LogP contribution is 2.16. The average Bonchev–Trinajstić information content (AvgIpc) is 2.70. The molecule has 1 saturated heterocycles. The summed E-state index contributed by atoms with van der Waals surface area (Å²) in [6.45, 7) is 3.59. The van der Waals surface area contributed by atoms with E-state index in [1.807, 2.05) is 6.92 Å². The molecule has 5 heteroatoms. The first-order valence-corrected chi connectivity index (χ1v) is 7.09. The largest absolute Gasteiger partial charge is 0.316 e. The lowest BCUT2D eigenvalue weighted by Crippen LogP contribution is -2.19. The van der Waals surface area contributed by atoms with Gasteiger partial charge in [-0.3, -0.25) is 0 Å². The third-order valence-corrected chi connectivity index (χ3v) is 4.60. The number of hydrogen-bond donors (Lipinski definition) is 1. The van der Waals surface area contributed by atoms with Crippen LogP contribution in [0.3, 0.4) is 0 Å². The molecule has 2 rings (SSSR count). The molecule has 1 aliphatic heterocycles. The molecule has 1 N–H and O–H groups in total. The SMILES string of the molecule is Cc1ccnc(S(=O)(=O)CC2CCNC2)c1. The summed E-state index contributed by atoms with van der Waals surface area (Å²) in [4.78, 5) is 3.94. The molecule has 1 aromatic heterocycles. The van der Waals surface area contributed by atoms with Gasteiger partial charge in [0.15, 0.2) is 14.9 Å². The second-order valence-electron chi connectivity index (χ2n) is 4.31. The Bertz CT molecular complexity index is 465. The van der Waals surface area contributed by atoms with E-state index in [-0.39, 0.29) is 16.7 Å². The topological polar surface area (TPSA) is 59.1 Å². The van der Waals surface area contributed by atoms with Crippen molar-refractivity contribution in [3.05, 3.63) is 23.9 Å². The van der Waals surface area contributed by atoms with Crippen molar-refractivity contribution < 1.29 is 8.42 Å². The lowest BCUT2D eigenvalue weighted by Gasteiger charge is -2.08. The number of hydrogen-bond acceptors (Lipinski definition) is 4. The molecule has 1 aliphatic rings. The van der Waals surface area contributed by atoms with Crippen molar-refractivity contribution in [3.8, 4) is 0 Å². The number of aromatic nitrogens is 1. The Morgan fingerprint density at radius 1 is 1.56 bits per heavy atom. The van der Waals surface area contributed by atoms with E-state index >= 15 is 0 Å². The molecule has 1 aromatic rings. The predicted octanol–water partition coefficient (Wildman–Crippen LogP) is 0.773. The van der Waals surface area contributed by atoms with Crippen LogP contribution in [0.5, 0.6) is 0 Å². The number of nitrogens with zero attached hydrogens (tertiary/aromatic N) is 1. The lowest BCUT2D eigenvalue weighted by atomic mass is 10.2. The van der Waals surface area contributed by atoms with Crippen LogP contribution >= 0.6 is 0 Å². The van der Waals surface area contributed by atoms with Crippen molar-refractivity contribution in [1.29, 1.82) is 0 Å². The Labute approximate surface area is 96.0 Å². The van der Waals surface area contributed by atoms with E-state index in [0.29, 0.717) is 0 Å². The molecule has 4 nitrogen and oxygen atoms in total. The van der Waals surface area contributed by atoms with Gasteiger partial charge < -0.3 is 5.32 Å². The van der Waals surface area contributed by atoms with E-state index in [1.54, 1.807) is 18.3 Å². The van der Waals surface area contributed by atoms with Gasteiger partial charge in [-0.15, -0.1) is 0 Å². The average molecular weight is 240 g/mol. The van der Waals surface area contributed by atoms with Gasteiger partial charge in [0.05, 0.1) is 5.75 Å². The smallest absolute Gasteiger partial charge is 0.195 e. The van der Waals surface area contributed by atoms with Crippen LogP contribution in [-0.4, -0.2) is 32.2 Å². The Morgan fingerprint density at radius 3 is 3.00 bits per heavy atom. The lowest BCUT2D eigenvalue weighted by molar-refractivity contribution is 0.567. The fraction of sp³-hybridized carbons (Fsp3) is 0.545. The maximum absolute atomic E-state index is 12.1. The predicted molar refractivity (Wildman–Crippen MR) is 62.0 cm³/mol. The van der Waals surface area contributed by atoms with E-state index in [4.69, 9.17) is 0 Å². The van der Waals surface area contributed by atoms with Crippen LogP contribution in [0.2, 0.25) is 0 Å². The van der Waals surface area contributed by atoms with E-state index < -0.39 is 9.84 Å². The van der Waals surface area contributed by atoms with Crippen molar-refractivity contribution in [3.63, 3.8) is 0 Å². The molecule has 0 bridgehead atoms. The number of sulfone groups is 1. The second-order valence-corrected chi connectivity index (χ2v) is 6.29. The number of rotatable bonds is 3. The Hall–Kier alpha value is -0.940. The highest BCUT2D eigenvalue weighted by Gasteiger charge is 2.24. The molecule has 0 aromatic carbocycles. The molecule has 0 radical (unpaired) electrons.